The van der Waals surface area contributed by atoms with Crippen molar-refractivity contribution in [1.29, 1.82) is 0 Å². The van der Waals surface area contributed by atoms with E-state index < -0.39 is 0 Å². The molecule has 2 fully saturated rings. The van der Waals surface area contributed by atoms with Gasteiger partial charge in [-0.1, -0.05) is 24.3 Å². The third kappa shape index (κ3) is 2.88. The fraction of sp³-hybridized carbons (Fsp3) is 0.476. The number of allylic oxidation sites excluding steroid dienone is 2. The number of likely N-dealkylation sites (tertiary alicyclic amines) is 2. The average molecular weight is 365 g/mol. The van der Waals surface area contributed by atoms with Crippen LogP contribution in [-0.2, 0) is 9.59 Å². The number of carbonyl (C=O) groups is 2. The average Bonchev–Trinajstić information content (AvgIpc) is 3.24. The summed E-state index contributed by atoms with van der Waals surface area (Å²) in [5, 5.41) is 0. The normalized spacial score (nSPS) is 28.9. The van der Waals surface area contributed by atoms with E-state index in [1.54, 1.807) is 0 Å². The smallest absolute Gasteiger partial charge is 0.234 e. The molecule has 1 aromatic heterocycles. The monoisotopic (exact) mass is 365 g/mol. The first-order chi connectivity index (χ1) is 13.2. The Morgan fingerprint density at radius 1 is 1.07 bits per heavy atom. The second-order valence-corrected chi connectivity index (χ2v) is 7.84. The lowest BCUT2D eigenvalue weighted by Crippen LogP contribution is -2.45. The van der Waals surface area contributed by atoms with Gasteiger partial charge in [-0.2, -0.15) is 0 Å². The van der Waals surface area contributed by atoms with Crippen LogP contribution in [0.25, 0.3) is 11.1 Å². The van der Waals surface area contributed by atoms with E-state index in [0.717, 1.165) is 42.9 Å². The minimum absolute atomic E-state index is 0.00154. The molecule has 1 aliphatic carbocycles. The van der Waals surface area contributed by atoms with E-state index in [1.165, 1.54) is 4.90 Å². The van der Waals surface area contributed by atoms with Crippen LogP contribution in [0.1, 0.15) is 37.5 Å². The Balaban J connectivity index is 1.30. The lowest BCUT2D eigenvalue weighted by Gasteiger charge is -2.33. The van der Waals surface area contributed by atoms with Gasteiger partial charge in [-0.05, 0) is 44.4 Å². The number of benzene rings is 1. The van der Waals surface area contributed by atoms with E-state index in [0.29, 0.717) is 19.5 Å². The number of para-hydroxylation sites is 2. The molecule has 0 saturated carbocycles. The second-order valence-electron chi connectivity index (χ2n) is 7.84. The van der Waals surface area contributed by atoms with Gasteiger partial charge in [0.25, 0.3) is 0 Å². The predicted molar refractivity (Wildman–Crippen MR) is 99.6 cm³/mol. The van der Waals surface area contributed by atoms with E-state index >= 15 is 0 Å². The summed E-state index contributed by atoms with van der Waals surface area (Å²) in [6.45, 7) is 2.04. The zero-order valence-electron chi connectivity index (χ0n) is 15.2. The van der Waals surface area contributed by atoms with Crippen LogP contribution in [0.4, 0.5) is 0 Å². The van der Waals surface area contributed by atoms with E-state index in [4.69, 9.17) is 4.42 Å². The summed E-state index contributed by atoms with van der Waals surface area (Å²) in [6, 6.07) is 7.80. The van der Waals surface area contributed by atoms with E-state index in [2.05, 4.69) is 9.88 Å². The standard InChI is InChI=1S/C21H23N3O3/c25-20-15-7-1-2-8-16(15)21(26)24(20)13-23-11-5-6-14(12-23)19-22-17-9-3-4-10-18(17)27-19/h1-4,9-10,14-16H,5-8,11-13H2. The molecule has 3 heterocycles. The Kier molecular flexibility index (Phi) is 4.08. The van der Waals surface area contributed by atoms with Crippen LogP contribution in [-0.4, -0.2) is 46.4 Å². The number of fused-ring (bicyclic) bond motifs is 2. The van der Waals surface area contributed by atoms with Crippen molar-refractivity contribution in [2.45, 2.75) is 31.6 Å². The van der Waals surface area contributed by atoms with Crippen molar-refractivity contribution < 1.29 is 14.0 Å². The van der Waals surface area contributed by atoms with Gasteiger partial charge in [0.05, 0.1) is 18.5 Å². The molecule has 2 aromatic rings. The third-order valence-electron chi connectivity index (χ3n) is 6.11. The molecule has 6 heteroatoms. The summed E-state index contributed by atoms with van der Waals surface area (Å²) in [4.78, 5) is 33.7. The summed E-state index contributed by atoms with van der Waals surface area (Å²) < 4.78 is 5.95. The van der Waals surface area contributed by atoms with E-state index in [-0.39, 0.29) is 29.6 Å². The van der Waals surface area contributed by atoms with Crippen LogP contribution in [0, 0.1) is 11.8 Å². The third-order valence-corrected chi connectivity index (χ3v) is 6.11. The summed E-state index contributed by atoms with van der Waals surface area (Å²) >= 11 is 0. The number of nitrogens with zero attached hydrogens (tertiary/aromatic N) is 3. The molecule has 0 radical (unpaired) electrons. The summed E-state index contributed by atoms with van der Waals surface area (Å²) in [7, 11) is 0. The maximum Gasteiger partial charge on any atom is 0.234 e. The molecule has 140 valence electrons. The molecule has 5 rings (SSSR count). The highest BCUT2D eigenvalue weighted by Gasteiger charge is 2.47. The molecule has 0 spiro atoms. The van der Waals surface area contributed by atoms with Crippen LogP contribution in [0.3, 0.4) is 0 Å². The number of aromatic nitrogens is 1. The minimum atomic E-state index is -0.153. The first kappa shape index (κ1) is 16.7. The van der Waals surface area contributed by atoms with Crippen LogP contribution < -0.4 is 0 Å². The Morgan fingerprint density at radius 2 is 1.81 bits per heavy atom. The number of hydrogen-bond acceptors (Lipinski definition) is 5. The largest absolute Gasteiger partial charge is 0.440 e. The van der Waals surface area contributed by atoms with Crippen molar-refractivity contribution >= 4 is 22.9 Å². The SMILES string of the molecule is O=C1C2CC=CCC2C(=O)N1CN1CCCC(c2nc3ccccc3o2)C1. The molecular formula is C21H23N3O3. The lowest BCUT2D eigenvalue weighted by atomic mass is 9.85. The van der Waals surface area contributed by atoms with Crippen molar-refractivity contribution in [2.75, 3.05) is 19.8 Å². The van der Waals surface area contributed by atoms with Gasteiger partial charge in [0.15, 0.2) is 11.5 Å². The molecule has 27 heavy (non-hydrogen) atoms. The Morgan fingerprint density at radius 3 is 2.56 bits per heavy atom. The molecule has 3 atom stereocenters. The molecule has 2 saturated heterocycles. The molecule has 0 bridgehead atoms. The van der Waals surface area contributed by atoms with Crippen LogP contribution in [0.15, 0.2) is 40.8 Å². The van der Waals surface area contributed by atoms with Crippen LogP contribution in [0.2, 0.25) is 0 Å². The van der Waals surface area contributed by atoms with Gasteiger partial charge in [-0.25, -0.2) is 4.98 Å². The Hall–Kier alpha value is -2.47. The zero-order valence-corrected chi connectivity index (χ0v) is 15.2. The summed E-state index contributed by atoms with van der Waals surface area (Å²) in [5.41, 5.74) is 1.69. The first-order valence-electron chi connectivity index (χ1n) is 9.79. The summed E-state index contributed by atoms with van der Waals surface area (Å²) in [5.74, 6) is 0.651. The number of oxazole rings is 1. The number of hydrogen-bond donors (Lipinski definition) is 0. The molecule has 2 amide bonds. The molecule has 1 aromatic carbocycles. The van der Waals surface area contributed by atoms with Gasteiger partial charge >= 0.3 is 0 Å². The van der Waals surface area contributed by atoms with Gasteiger partial charge in [-0.15, -0.1) is 0 Å². The topological polar surface area (TPSA) is 66.7 Å². The van der Waals surface area contributed by atoms with E-state index in [1.807, 2.05) is 36.4 Å². The molecule has 0 N–H and O–H groups in total. The van der Waals surface area contributed by atoms with Crippen LogP contribution in [0.5, 0.6) is 0 Å². The summed E-state index contributed by atoms with van der Waals surface area (Å²) in [6.07, 6.45) is 7.46. The van der Waals surface area contributed by atoms with Crippen molar-refractivity contribution in [2.24, 2.45) is 11.8 Å². The Bertz CT molecular complexity index is 859. The van der Waals surface area contributed by atoms with Gasteiger partial charge in [0, 0.05) is 12.5 Å². The molecule has 2 aliphatic heterocycles. The maximum absolute atomic E-state index is 12.7. The van der Waals surface area contributed by atoms with Gasteiger partial charge in [0.1, 0.15) is 5.52 Å². The molecule has 6 nitrogen and oxygen atoms in total. The van der Waals surface area contributed by atoms with Gasteiger partial charge < -0.3 is 4.42 Å². The van der Waals surface area contributed by atoms with Crippen molar-refractivity contribution in [3.05, 3.63) is 42.3 Å². The second kappa shape index (κ2) is 6.60. The van der Waals surface area contributed by atoms with Crippen molar-refractivity contribution in [3.63, 3.8) is 0 Å². The number of amides is 2. The highest BCUT2D eigenvalue weighted by molar-refractivity contribution is 6.05. The van der Waals surface area contributed by atoms with Crippen LogP contribution >= 0.6 is 0 Å². The molecule has 3 aliphatic rings. The first-order valence-corrected chi connectivity index (χ1v) is 9.79. The van der Waals surface area contributed by atoms with Crippen molar-refractivity contribution in [3.8, 4) is 0 Å². The number of rotatable bonds is 3. The Labute approximate surface area is 157 Å². The quantitative estimate of drug-likeness (QED) is 0.618. The predicted octanol–water partition coefficient (Wildman–Crippen LogP) is 2.92. The lowest BCUT2D eigenvalue weighted by molar-refractivity contribution is -0.142. The number of carbonyl (C=O) groups excluding carboxylic acids is 2. The fourth-order valence-corrected chi connectivity index (χ4v) is 4.66. The molecule has 3 unspecified atom stereocenters. The van der Waals surface area contributed by atoms with Gasteiger partial charge in [-0.3, -0.25) is 19.4 Å². The fourth-order valence-electron chi connectivity index (χ4n) is 4.66. The molecular weight excluding hydrogens is 342 g/mol. The van der Waals surface area contributed by atoms with E-state index in [9.17, 15) is 9.59 Å². The van der Waals surface area contributed by atoms with Gasteiger partial charge in [0.2, 0.25) is 11.8 Å². The maximum atomic E-state index is 12.7. The highest BCUT2D eigenvalue weighted by Crippen LogP contribution is 2.36. The minimum Gasteiger partial charge on any atom is -0.440 e. The van der Waals surface area contributed by atoms with Crippen molar-refractivity contribution in [1.82, 2.24) is 14.8 Å². The zero-order chi connectivity index (χ0) is 18.4. The number of piperidine rings is 1. The number of imide groups is 1. The highest BCUT2D eigenvalue weighted by atomic mass is 16.3.